The fraction of sp³-hybridized carbons (Fsp3) is 0.650. The number of nitrogens with zero attached hydrogens (tertiary/aromatic N) is 3. The Bertz CT molecular complexity index is 541. The van der Waals surface area contributed by atoms with Gasteiger partial charge in [-0.15, -0.1) is 24.0 Å². The van der Waals surface area contributed by atoms with Crippen LogP contribution in [-0.2, 0) is 6.54 Å². The lowest BCUT2D eigenvalue weighted by Crippen LogP contribution is -2.40. The van der Waals surface area contributed by atoms with E-state index in [-0.39, 0.29) is 24.0 Å². The van der Waals surface area contributed by atoms with Gasteiger partial charge in [-0.3, -0.25) is 4.99 Å². The molecule has 0 radical (unpaired) electrons. The van der Waals surface area contributed by atoms with Crippen molar-refractivity contribution in [3.63, 3.8) is 0 Å². The summed E-state index contributed by atoms with van der Waals surface area (Å²) >= 11 is 0. The zero-order valence-electron chi connectivity index (χ0n) is 16.9. The second kappa shape index (κ2) is 11.6. The Labute approximate surface area is 176 Å². The number of halogens is 1. The average molecular weight is 474 g/mol. The molecule has 1 fully saturated rings. The van der Waals surface area contributed by atoms with Gasteiger partial charge < -0.3 is 19.9 Å². The van der Waals surface area contributed by atoms with Crippen molar-refractivity contribution in [2.75, 3.05) is 40.8 Å². The molecule has 1 aliphatic rings. The van der Waals surface area contributed by atoms with Gasteiger partial charge >= 0.3 is 0 Å². The van der Waals surface area contributed by atoms with E-state index in [2.05, 4.69) is 55.3 Å². The van der Waals surface area contributed by atoms with Crippen LogP contribution in [0.3, 0.4) is 0 Å². The Hall–Kier alpha value is -1.02. The molecule has 1 saturated carbocycles. The van der Waals surface area contributed by atoms with Gasteiger partial charge in [0.2, 0.25) is 0 Å². The highest BCUT2D eigenvalue weighted by Crippen LogP contribution is 2.34. The van der Waals surface area contributed by atoms with Crippen molar-refractivity contribution in [3.05, 3.63) is 29.8 Å². The first-order valence-electron chi connectivity index (χ1n) is 9.42. The minimum absolute atomic E-state index is 0. The van der Waals surface area contributed by atoms with Gasteiger partial charge in [-0.2, -0.15) is 0 Å². The molecule has 26 heavy (non-hydrogen) atoms. The van der Waals surface area contributed by atoms with Crippen LogP contribution < -0.4 is 10.1 Å². The van der Waals surface area contributed by atoms with Crippen LogP contribution >= 0.6 is 24.0 Å². The molecule has 1 N–H and O–H groups in total. The van der Waals surface area contributed by atoms with Crippen LogP contribution in [0.15, 0.2) is 29.3 Å². The van der Waals surface area contributed by atoms with Crippen molar-refractivity contribution >= 4 is 29.9 Å². The third kappa shape index (κ3) is 7.31. The zero-order chi connectivity index (χ0) is 18.2. The summed E-state index contributed by atoms with van der Waals surface area (Å²) in [6.07, 6.45) is 2.69. The Balaban J connectivity index is 0.00000338. The summed E-state index contributed by atoms with van der Waals surface area (Å²) in [7, 11) is 6.42. The van der Waals surface area contributed by atoms with Crippen LogP contribution in [-0.4, -0.2) is 62.6 Å². The maximum atomic E-state index is 5.51. The van der Waals surface area contributed by atoms with Crippen molar-refractivity contribution in [1.29, 1.82) is 0 Å². The first-order valence-corrected chi connectivity index (χ1v) is 9.42. The molecule has 0 aromatic heterocycles. The predicted molar refractivity (Wildman–Crippen MR) is 121 cm³/mol. The molecular formula is C20H35IN4O. The van der Waals surface area contributed by atoms with Crippen LogP contribution in [0.25, 0.3) is 0 Å². The van der Waals surface area contributed by atoms with Gasteiger partial charge in [0.25, 0.3) is 0 Å². The van der Waals surface area contributed by atoms with Gasteiger partial charge in [-0.25, -0.2) is 0 Å². The highest BCUT2D eigenvalue weighted by atomic mass is 127. The van der Waals surface area contributed by atoms with Crippen LogP contribution in [0.5, 0.6) is 5.75 Å². The third-order valence-electron chi connectivity index (χ3n) is 4.61. The molecule has 0 aliphatic heterocycles. The summed E-state index contributed by atoms with van der Waals surface area (Å²) < 4.78 is 5.51. The van der Waals surface area contributed by atoms with Gasteiger partial charge in [-0.1, -0.05) is 12.1 Å². The van der Waals surface area contributed by atoms with Gasteiger partial charge in [-0.05, 0) is 64.4 Å². The number of hydrogen-bond acceptors (Lipinski definition) is 3. The quantitative estimate of drug-likeness (QED) is 0.338. The number of hydrogen-bond donors (Lipinski definition) is 1. The number of rotatable bonds is 9. The minimum atomic E-state index is 0. The van der Waals surface area contributed by atoms with Gasteiger partial charge in [0.15, 0.2) is 5.96 Å². The van der Waals surface area contributed by atoms with E-state index in [0.29, 0.717) is 12.6 Å². The lowest BCUT2D eigenvalue weighted by Gasteiger charge is -2.25. The standard InChI is InChI=1S/C20H34N4O.HI/c1-6-21-20(22-14-19(23(3)4)17-10-11-17)24(5)15-16-8-12-18(13-9-16)25-7-2;/h8-9,12-13,17,19H,6-7,10-11,14-15H2,1-5H3,(H,21,22);1H. The van der Waals surface area contributed by atoms with Crippen molar-refractivity contribution in [2.45, 2.75) is 39.3 Å². The van der Waals surface area contributed by atoms with Crippen LogP contribution in [0.2, 0.25) is 0 Å². The molecule has 5 nitrogen and oxygen atoms in total. The highest BCUT2D eigenvalue weighted by Gasteiger charge is 2.32. The number of benzene rings is 1. The van der Waals surface area contributed by atoms with E-state index in [0.717, 1.165) is 37.3 Å². The third-order valence-corrected chi connectivity index (χ3v) is 4.61. The lowest BCUT2D eigenvalue weighted by molar-refractivity contribution is 0.270. The minimum Gasteiger partial charge on any atom is -0.494 e. The molecule has 1 aromatic carbocycles. The normalized spacial score (nSPS) is 15.4. The zero-order valence-corrected chi connectivity index (χ0v) is 19.2. The van der Waals surface area contributed by atoms with Crippen molar-refractivity contribution < 1.29 is 4.74 Å². The fourth-order valence-corrected chi connectivity index (χ4v) is 3.07. The molecule has 0 bridgehead atoms. The number of nitrogens with one attached hydrogen (secondary N) is 1. The van der Waals surface area contributed by atoms with Crippen LogP contribution in [0.4, 0.5) is 0 Å². The van der Waals surface area contributed by atoms with E-state index < -0.39 is 0 Å². The molecule has 1 aromatic rings. The fourth-order valence-electron chi connectivity index (χ4n) is 3.07. The molecule has 0 amide bonds. The number of likely N-dealkylation sites (N-methyl/N-ethyl adjacent to an activating group) is 1. The maximum Gasteiger partial charge on any atom is 0.194 e. The molecular weight excluding hydrogens is 439 g/mol. The second-order valence-electron chi connectivity index (χ2n) is 7.00. The summed E-state index contributed by atoms with van der Waals surface area (Å²) in [5.74, 6) is 2.72. The Morgan fingerprint density at radius 3 is 2.35 bits per heavy atom. The SMILES string of the molecule is CCNC(=NCC(C1CC1)N(C)C)N(C)Cc1ccc(OCC)cc1.I. The molecule has 0 heterocycles. The Morgan fingerprint density at radius 1 is 1.19 bits per heavy atom. The molecule has 1 aliphatic carbocycles. The lowest BCUT2D eigenvalue weighted by atomic mass is 10.2. The summed E-state index contributed by atoms with van der Waals surface area (Å²) in [4.78, 5) is 9.41. The summed E-state index contributed by atoms with van der Waals surface area (Å²) in [6, 6.07) is 8.86. The average Bonchev–Trinajstić information content (AvgIpc) is 3.40. The van der Waals surface area contributed by atoms with Crippen LogP contribution in [0, 0.1) is 5.92 Å². The van der Waals surface area contributed by atoms with Gasteiger partial charge in [0.1, 0.15) is 5.75 Å². The molecule has 6 heteroatoms. The van der Waals surface area contributed by atoms with Crippen LogP contribution in [0.1, 0.15) is 32.3 Å². The number of guanidine groups is 1. The molecule has 2 rings (SSSR count). The van der Waals surface area contributed by atoms with Gasteiger partial charge in [0.05, 0.1) is 13.2 Å². The first-order chi connectivity index (χ1) is 12.0. The summed E-state index contributed by atoms with van der Waals surface area (Å²) in [6.45, 7) is 7.38. The Morgan fingerprint density at radius 2 is 1.85 bits per heavy atom. The topological polar surface area (TPSA) is 40.1 Å². The monoisotopic (exact) mass is 474 g/mol. The van der Waals surface area contributed by atoms with E-state index >= 15 is 0 Å². The van der Waals surface area contributed by atoms with Gasteiger partial charge in [0, 0.05) is 26.2 Å². The number of ether oxygens (including phenoxy) is 1. The van der Waals surface area contributed by atoms with E-state index in [4.69, 9.17) is 9.73 Å². The van der Waals surface area contributed by atoms with Crippen molar-refractivity contribution in [1.82, 2.24) is 15.1 Å². The molecule has 1 unspecified atom stereocenters. The molecule has 148 valence electrons. The van der Waals surface area contributed by atoms with Crippen molar-refractivity contribution in [2.24, 2.45) is 10.9 Å². The van der Waals surface area contributed by atoms with E-state index in [1.165, 1.54) is 18.4 Å². The van der Waals surface area contributed by atoms with Crippen molar-refractivity contribution in [3.8, 4) is 5.75 Å². The van der Waals surface area contributed by atoms with E-state index in [1.807, 2.05) is 19.1 Å². The largest absolute Gasteiger partial charge is 0.494 e. The number of aliphatic imine (C=N–C) groups is 1. The molecule has 0 spiro atoms. The first kappa shape index (κ1) is 23.0. The molecule has 0 saturated heterocycles. The van der Waals surface area contributed by atoms with E-state index in [1.54, 1.807) is 0 Å². The maximum absolute atomic E-state index is 5.51. The smallest absolute Gasteiger partial charge is 0.194 e. The highest BCUT2D eigenvalue weighted by molar-refractivity contribution is 14.0. The molecule has 1 atom stereocenters. The van der Waals surface area contributed by atoms with E-state index in [9.17, 15) is 0 Å². The predicted octanol–water partition coefficient (Wildman–Crippen LogP) is 3.44. The summed E-state index contributed by atoms with van der Waals surface area (Å²) in [5, 5.41) is 3.42. The second-order valence-corrected chi connectivity index (χ2v) is 7.00. The summed E-state index contributed by atoms with van der Waals surface area (Å²) in [5.41, 5.74) is 1.25. The Kier molecular flexibility index (Phi) is 10.3.